The molecule has 0 aliphatic carbocycles. The van der Waals surface area contributed by atoms with Gasteiger partial charge in [-0.2, -0.15) is 0 Å². The molecule has 2 aliphatic rings. The first-order valence-corrected chi connectivity index (χ1v) is 11.9. The molecule has 0 radical (unpaired) electrons. The number of imide groups is 1. The SMILES string of the molecule is Cc1ccc(OCCN2C(=O)S/C(=C\c3ccc(OCc4ccc5c(c4)OCO5)cc3)C2=O)cc1. The van der Waals surface area contributed by atoms with Gasteiger partial charge in [0.1, 0.15) is 24.7 Å². The Morgan fingerprint density at radius 1 is 0.914 bits per heavy atom. The molecule has 3 aromatic carbocycles. The second-order valence-electron chi connectivity index (χ2n) is 8.04. The first-order chi connectivity index (χ1) is 17.0. The normalized spacial score (nSPS) is 15.7. The topological polar surface area (TPSA) is 74.3 Å². The van der Waals surface area contributed by atoms with Crippen LogP contribution in [0.1, 0.15) is 16.7 Å². The van der Waals surface area contributed by atoms with Crippen molar-refractivity contribution >= 4 is 29.0 Å². The van der Waals surface area contributed by atoms with Crippen molar-refractivity contribution in [2.45, 2.75) is 13.5 Å². The van der Waals surface area contributed by atoms with E-state index in [1.165, 1.54) is 4.90 Å². The van der Waals surface area contributed by atoms with E-state index in [0.29, 0.717) is 23.0 Å². The summed E-state index contributed by atoms with van der Waals surface area (Å²) >= 11 is 0.936. The lowest BCUT2D eigenvalue weighted by Gasteiger charge is -2.13. The summed E-state index contributed by atoms with van der Waals surface area (Å²) in [4.78, 5) is 26.7. The third-order valence-electron chi connectivity index (χ3n) is 5.50. The van der Waals surface area contributed by atoms with Gasteiger partial charge in [0.2, 0.25) is 6.79 Å². The second kappa shape index (κ2) is 10.1. The summed E-state index contributed by atoms with van der Waals surface area (Å²) < 4.78 is 22.2. The second-order valence-corrected chi connectivity index (χ2v) is 9.03. The van der Waals surface area contributed by atoms with E-state index in [4.69, 9.17) is 18.9 Å². The summed E-state index contributed by atoms with van der Waals surface area (Å²) in [5.41, 5.74) is 2.91. The quantitative estimate of drug-likeness (QED) is 0.391. The highest BCUT2D eigenvalue weighted by atomic mass is 32.2. The number of aryl methyl sites for hydroxylation is 1. The number of hydrogen-bond donors (Lipinski definition) is 0. The van der Waals surface area contributed by atoms with Gasteiger partial charge in [-0.1, -0.05) is 35.9 Å². The maximum atomic E-state index is 12.7. The zero-order chi connectivity index (χ0) is 24.2. The van der Waals surface area contributed by atoms with Crippen molar-refractivity contribution in [3.05, 3.63) is 88.3 Å². The van der Waals surface area contributed by atoms with Crippen LogP contribution in [0.25, 0.3) is 6.08 Å². The highest BCUT2D eigenvalue weighted by Crippen LogP contribution is 2.34. The fourth-order valence-electron chi connectivity index (χ4n) is 3.59. The Labute approximate surface area is 207 Å². The summed E-state index contributed by atoms with van der Waals surface area (Å²) in [7, 11) is 0. The molecule has 3 aromatic rings. The van der Waals surface area contributed by atoms with Gasteiger partial charge in [-0.25, -0.2) is 0 Å². The van der Waals surface area contributed by atoms with Crippen LogP contribution in [0.3, 0.4) is 0 Å². The maximum Gasteiger partial charge on any atom is 0.293 e. The average Bonchev–Trinajstić information content (AvgIpc) is 3.44. The highest BCUT2D eigenvalue weighted by Gasteiger charge is 2.34. The van der Waals surface area contributed by atoms with E-state index >= 15 is 0 Å². The molecule has 8 heteroatoms. The van der Waals surface area contributed by atoms with Gasteiger partial charge in [0.15, 0.2) is 11.5 Å². The van der Waals surface area contributed by atoms with Crippen molar-refractivity contribution < 1.29 is 28.5 Å². The van der Waals surface area contributed by atoms with Gasteiger partial charge in [-0.05, 0) is 72.3 Å². The third kappa shape index (κ3) is 5.44. The van der Waals surface area contributed by atoms with Gasteiger partial charge in [0.25, 0.3) is 11.1 Å². The molecule has 5 rings (SSSR count). The van der Waals surface area contributed by atoms with Crippen molar-refractivity contribution in [1.29, 1.82) is 0 Å². The van der Waals surface area contributed by atoms with Gasteiger partial charge < -0.3 is 18.9 Å². The Balaban J connectivity index is 1.15. The van der Waals surface area contributed by atoms with E-state index in [1.54, 1.807) is 6.08 Å². The number of nitrogens with zero attached hydrogens (tertiary/aromatic N) is 1. The Morgan fingerprint density at radius 2 is 1.63 bits per heavy atom. The van der Waals surface area contributed by atoms with Crippen LogP contribution in [0, 0.1) is 6.92 Å². The van der Waals surface area contributed by atoms with E-state index in [0.717, 1.165) is 40.0 Å². The molecule has 178 valence electrons. The van der Waals surface area contributed by atoms with Gasteiger partial charge in [-0.15, -0.1) is 0 Å². The van der Waals surface area contributed by atoms with Gasteiger partial charge >= 0.3 is 0 Å². The first-order valence-electron chi connectivity index (χ1n) is 11.1. The predicted octanol–water partition coefficient (Wildman–Crippen LogP) is 5.42. The highest BCUT2D eigenvalue weighted by molar-refractivity contribution is 8.18. The number of thioether (sulfide) groups is 1. The van der Waals surface area contributed by atoms with Crippen molar-refractivity contribution in [3.8, 4) is 23.0 Å². The summed E-state index contributed by atoms with van der Waals surface area (Å²) in [6, 6.07) is 20.7. The average molecular weight is 490 g/mol. The Kier molecular flexibility index (Phi) is 6.63. The van der Waals surface area contributed by atoms with Crippen LogP contribution in [0.2, 0.25) is 0 Å². The number of amides is 2. The fraction of sp³-hybridized carbons (Fsp3) is 0.185. The molecule has 1 saturated heterocycles. The van der Waals surface area contributed by atoms with Crippen molar-refractivity contribution in [1.82, 2.24) is 4.90 Å². The molecule has 1 fully saturated rings. The maximum absolute atomic E-state index is 12.7. The minimum atomic E-state index is -0.310. The van der Waals surface area contributed by atoms with Crippen LogP contribution in [0.4, 0.5) is 4.79 Å². The van der Waals surface area contributed by atoms with Crippen LogP contribution in [0.15, 0.2) is 71.6 Å². The van der Waals surface area contributed by atoms with Crippen molar-refractivity contribution in [2.75, 3.05) is 19.9 Å². The Morgan fingerprint density at radius 3 is 2.43 bits per heavy atom. The summed E-state index contributed by atoms with van der Waals surface area (Å²) in [5, 5.41) is -0.294. The van der Waals surface area contributed by atoms with Gasteiger partial charge in [-0.3, -0.25) is 14.5 Å². The summed E-state index contributed by atoms with van der Waals surface area (Å²) in [6.45, 7) is 3.06. The van der Waals surface area contributed by atoms with Crippen LogP contribution < -0.4 is 18.9 Å². The lowest BCUT2D eigenvalue weighted by atomic mass is 10.2. The number of benzene rings is 3. The van der Waals surface area contributed by atoms with Gasteiger partial charge in [0, 0.05) is 0 Å². The molecular weight excluding hydrogens is 466 g/mol. The molecule has 0 saturated carbocycles. The lowest BCUT2D eigenvalue weighted by Crippen LogP contribution is -2.32. The largest absolute Gasteiger partial charge is 0.492 e. The molecule has 0 unspecified atom stereocenters. The molecule has 35 heavy (non-hydrogen) atoms. The smallest absolute Gasteiger partial charge is 0.293 e. The molecule has 0 N–H and O–H groups in total. The van der Waals surface area contributed by atoms with Crippen molar-refractivity contribution in [3.63, 3.8) is 0 Å². The first kappa shape index (κ1) is 22.9. The monoisotopic (exact) mass is 489 g/mol. The predicted molar refractivity (Wildman–Crippen MR) is 133 cm³/mol. The Bertz CT molecular complexity index is 1270. The molecule has 7 nitrogen and oxygen atoms in total. The number of ether oxygens (including phenoxy) is 4. The zero-order valence-corrected chi connectivity index (χ0v) is 19.9. The van der Waals surface area contributed by atoms with E-state index in [1.807, 2.05) is 73.7 Å². The van der Waals surface area contributed by atoms with E-state index in [9.17, 15) is 9.59 Å². The molecule has 2 amide bonds. The number of carbonyl (C=O) groups is 2. The molecule has 0 bridgehead atoms. The molecule has 2 aliphatic heterocycles. The molecular formula is C27H23NO6S. The van der Waals surface area contributed by atoms with Crippen LogP contribution in [-0.4, -0.2) is 36.0 Å². The number of rotatable bonds is 8. The van der Waals surface area contributed by atoms with Crippen LogP contribution in [-0.2, 0) is 11.4 Å². The lowest BCUT2D eigenvalue weighted by molar-refractivity contribution is -0.123. The molecule has 0 atom stereocenters. The van der Waals surface area contributed by atoms with Gasteiger partial charge in [0.05, 0.1) is 11.4 Å². The summed E-state index contributed by atoms with van der Waals surface area (Å²) in [5.74, 6) is 2.55. The molecule has 0 spiro atoms. The minimum Gasteiger partial charge on any atom is -0.492 e. The third-order valence-corrected chi connectivity index (χ3v) is 6.41. The number of hydrogen-bond acceptors (Lipinski definition) is 7. The number of carbonyl (C=O) groups excluding carboxylic acids is 2. The summed E-state index contributed by atoms with van der Waals surface area (Å²) in [6.07, 6.45) is 1.72. The standard InChI is InChI=1S/C27H23NO6S/c1-18-2-7-21(8-3-18)31-13-12-28-26(29)25(35-27(28)30)15-19-4-9-22(10-5-19)32-16-20-6-11-23-24(14-20)34-17-33-23/h2-11,14-15H,12-13,16-17H2,1H3/b25-15-. The zero-order valence-electron chi connectivity index (χ0n) is 19.1. The fourth-order valence-corrected chi connectivity index (χ4v) is 4.46. The number of fused-ring (bicyclic) bond motifs is 1. The van der Waals surface area contributed by atoms with E-state index < -0.39 is 0 Å². The Hall–Kier alpha value is -3.91. The molecule has 2 heterocycles. The van der Waals surface area contributed by atoms with E-state index in [-0.39, 0.29) is 31.1 Å². The van der Waals surface area contributed by atoms with E-state index in [2.05, 4.69) is 0 Å². The van der Waals surface area contributed by atoms with Crippen molar-refractivity contribution in [2.24, 2.45) is 0 Å². The van der Waals surface area contributed by atoms with Crippen LogP contribution >= 0.6 is 11.8 Å². The van der Waals surface area contributed by atoms with Crippen LogP contribution in [0.5, 0.6) is 23.0 Å². The minimum absolute atomic E-state index is 0.197. The molecule has 0 aromatic heterocycles.